The molecule has 0 unspecified atom stereocenters. The van der Waals surface area contributed by atoms with Gasteiger partial charge in [0.25, 0.3) is 0 Å². The van der Waals surface area contributed by atoms with Crippen LogP contribution < -0.4 is 4.74 Å². The summed E-state index contributed by atoms with van der Waals surface area (Å²) in [5.74, 6) is 0.0162. The Morgan fingerprint density at radius 3 is 2.74 bits per heavy atom. The third-order valence-electron chi connectivity index (χ3n) is 2.40. The van der Waals surface area contributed by atoms with Crippen LogP contribution in [-0.4, -0.2) is 4.92 Å². The zero-order chi connectivity index (χ0) is 13.8. The number of nitro benzene ring substituents is 1. The van der Waals surface area contributed by atoms with E-state index in [-0.39, 0.29) is 5.75 Å². The van der Waals surface area contributed by atoms with Crippen LogP contribution in [0.2, 0.25) is 0 Å². The number of alkyl halides is 1. The fourth-order valence-corrected chi connectivity index (χ4v) is 1.70. The van der Waals surface area contributed by atoms with Crippen molar-refractivity contribution in [2.24, 2.45) is 0 Å². The molecule has 2 aromatic rings. The van der Waals surface area contributed by atoms with E-state index >= 15 is 0 Å². The number of hydrogen-bond acceptors (Lipinski definition) is 3. The van der Waals surface area contributed by atoms with E-state index in [1.165, 1.54) is 6.07 Å². The van der Waals surface area contributed by atoms with Crippen molar-refractivity contribution in [3.63, 3.8) is 0 Å². The van der Waals surface area contributed by atoms with Crippen molar-refractivity contribution in [3.05, 3.63) is 64.0 Å². The van der Waals surface area contributed by atoms with Gasteiger partial charge >= 0.3 is 5.69 Å². The zero-order valence-corrected chi connectivity index (χ0v) is 10.4. The van der Waals surface area contributed by atoms with E-state index in [1.807, 2.05) is 0 Å². The maximum atomic E-state index is 13.0. The molecule has 0 heterocycles. The van der Waals surface area contributed by atoms with Crippen molar-refractivity contribution >= 4 is 17.3 Å². The summed E-state index contributed by atoms with van der Waals surface area (Å²) >= 11 is 5.69. The van der Waals surface area contributed by atoms with Gasteiger partial charge < -0.3 is 4.74 Å². The lowest BCUT2D eigenvalue weighted by Gasteiger charge is -2.07. The molecule has 0 atom stereocenters. The summed E-state index contributed by atoms with van der Waals surface area (Å²) < 4.78 is 18.4. The molecule has 0 N–H and O–H groups in total. The number of nitrogens with zero attached hydrogens (tertiary/aromatic N) is 1. The van der Waals surface area contributed by atoms with Crippen molar-refractivity contribution in [2.75, 3.05) is 0 Å². The normalized spacial score (nSPS) is 10.2. The minimum absolute atomic E-state index is 0.0156. The molecule has 0 aliphatic rings. The second kappa shape index (κ2) is 5.67. The molecule has 2 aromatic carbocycles. The molecular formula is C13H9ClFNO3. The van der Waals surface area contributed by atoms with Gasteiger partial charge in [-0.2, -0.15) is 0 Å². The quantitative estimate of drug-likeness (QED) is 0.478. The fraction of sp³-hybridized carbons (Fsp3) is 0.0769. The van der Waals surface area contributed by atoms with Gasteiger partial charge in [0.1, 0.15) is 11.6 Å². The molecule has 0 saturated carbocycles. The standard InChI is InChI=1S/C13H9ClFNO3/c14-8-9-2-1-3-11(6-9)19-13-5-4-10(15)7-12(13)16(17)18/h1-7H,8H2. The first kappa shape index (κ1) is 13.3. The molecular weight excluding hydrogens is 273 g/mol. The van der Waals surface area contributed by atoms with Crippen LogP contribution in [0.1, 0.15) is 5.56 Å². The van der Waals surface area contributed by atoms with E-state index in [2.05, 4.69) is 0 Å². The number of ether oxygens (including phenoxy) is 1. The summed E-state index contributed by atoms with van der Waals surface area (Å²) in [5, 5.41) is 10.8. The van der Waals surface area contributed by atoms with Gasteiger partial charge in [0.2, 0.25) is 5.75 Å². The van der Waals surface area contributed by atoms with Gasteiger partial charge in [-0.05, 0) is 29.8 Å². The molecule has 0 radical (unpaired) electrons. The summed E-state index contributed by atoms with van der Waals surface area (Å²) in [6.45, 7) is 0. The average Bonchev–Trinajstić information content (AvgIpc) is 2.41. The number of hydrogen-bond donors (Lipinski definition) is 0. The van der Waals surface area contributed by atoms with E-state index in [0.717, 1.165) is 17.7 Å². The lowest BCUT2D eigenvalue weighted by molar-refractivity contribution is -0.385. The first-order valence-electron chi connectivity index (χ1n) is 5.37. The second-order valence-corrected chi connectivity index (χ2v) is 4.02. The summed E-state index contributed by atoms with van der Waals surface area (Å²) in [5.41, 5.74) is 0.403. The molecule has 0 aliphatic carbocycles. The Morgan fingerprint density at radius 2 is 2.05 bits per heavy atom. The molecule has 19 heavy (non-hydrogen) atoms. The molecule has 0 bridgehead atoms. The van der Waals surface area contributed by atoms with Gasteiger partial charge in [0.05, 0.1) is 11.0 Å². The van der Waals surface area contributed by atoms with Crippen LogP contribution >= 0.6 is 11.6 Å². The van der Waals surface area contributed by atoms with Crippen molar-refractivity contribution in [3.8, 4) is 11.5 Å². The SMILES string of the molecule is O=[N+]([O-])c1cc(F)ccc1Oc1cccc(CCl)c1. The Labute approximate surface area is 113 Å². The van der Waals surface area contributed by atoms with Crippen LogP contribution in [0.4, 0.5) is 10.1 Å². The zero-order valence-electron chi connectivity index (χ0n) is 9.68. The van der Waals surface area contributed by atoms with E-state index in [9.17, 15) is 14.5 Å². The molecule has 0 amide bonds. The van der Waals surface area contributed by atoms with Crippen LogP contribution in [0.3, 0.4) is 0 Å². The molecule has 0 fully saturated rings. The molecule has 2 rings (SSSR count). The molecule has 0 aromatic heterocycles. The number of benzene rings is 2. The van der Waals surface area contributed by atoms with Gasteiger partial charge in [0, 0.05) is 5.88 Å². The Balaban J connectivity index is 2.34. The van der Waals surface area contributed by atoms with Crippen molar-refractivity contribution in [2.45, 2.75) is 5.88 Å². The van der Waals surface area contributed by atoms with Gasteiger partial charge in [-0.15, -0.1) is 11.6 Å². The summed E-state index contributed by atoms with van der Waals surface area (Å²) in [6.07, 6.45) is 0. The molecule has 0 saturated heterocycles. The third-order valence-corrected chi connectivity index (χ3v) is 2.71. The van der Waals surface area contributed by atoms with Crippen LogP contribution in [0.25, 0.3) is 0 Å². The highest BCUT2D eigenvalue weighted by Gasteiger charge is 2.17. The number of halogens is 2. The van der Waals surface area contributed by atoms with Gasteiger partial charge in [-0.3, -0.25) is 10.1 Å². The van der Waals surface area contributed by atoms with E-state index in [0.29, 0.717) is 11.6 Å². The lowest BCUT2D eigenvalue weighted by atomic mass is 10.2. The van der Waals surface area contributed by atoms with E-state index < -0.39 is 16.4 Å². The van der Waals surface area contributed by atoms with Crippen molar-refractivity contribution in [1.29, 1.82) is 0 Å². The van der Waals surface area contributed by atoms with Crippen LogP contribution in [-0.2, 0) is 5.88 Å². The Kier molecular flexibility index (Phi) is 3.97. The Morgan fingerprint density at radius 1 is 1.26 bits per heavy atom. The largest absolute Gasteiger partial charge is 0.450 e. The second-order valence-electron chi connectivity index (χ2n) is 3.75. The van der Waals surface area contributed by atoms with Crippen molar-refractivity contribution < 1.29 is 14.1 Å². The Bertz CT molecular complexity index is 619. The highest BCUT2D eigenvalue weighted by atomic mass is 35.5. The van der Waals surface area contributed by atoms with Crippen molar-refractivity contribution in [1.82, 2.24) is 0 Å². The van der Waals surface area contributed by atoms with Gasteiger partial charge in [0.15, 0.2) is 0 Å². The van der Waals surface area contributed by atoms with Crippen LogP contribution in [0, 0.1) is 15.9 Å². The maximum Gasteiger partial charge on any atom is 0.314 e. The first-order chi connectivity index (χ1) is 9.10. The van der Waals surface area contributed by atoms with Gasteiger partial charge in [-0.1, -0.05) is 12.1 Å². The highest BCUT2D eigenvalue weighted by Crippen LogP contribution is 2.32. The topological polar surface area (TPSA) is 52.4 Å². The molecule has 0 spiro atoms. The summed E-state index contributed by atoms with van der Waals surface area (Å²) in [6, 6.07) is 9.99. The van der Waals surface area contributed by atoms with Crippen LogP contribution in [0.5, 0.6) is 11.5 Å². The highest BCUT2D eigenvalue weighted by molar-refractivity contribution is 6.17. The Hall–Kier alpha value is -2.14. The van der Waals surface area contributed by atoms with Crippen LogP contribution in [0.15, 0.2) is 42.5 Å². The van der Waals surface area contributed by atoms with E-state index in [4.69, 9.17) is 16.3 Å². The number of nitro groups is 1. The molecule has 0 aliphatic heterocycles. The third kappa shape index (κ3) is 3.20. The average molecular weight is 282 g/mol. The summed E-state index contributed by atoms with van der Waals surface area (Å²) in [4.78, 5) is 10.1. The van der Waals surface area contributed by atoms with E-state index in [1.54, 1.807) is 24.3 Å². The predicted octanol–water partition coefficient (Wildman–Crippen LogP) is 4.27. The monoisotopic (exact) mass is 281 g/mol. The summed E-state index contributed by atoms with van der Waals surface area (Å²) in [7, 11) is 0. The lowest BCUT2D eigenvalue weighted by Crippen LogP contribution is -1.94. The first-order valence-corrected chi connectivity index (χ1v) is 5.90. The molecule has 6 heteroatoms. The molecule has 4 nitrogen and oxygen atoms in total. The number of rotatable bonds is 4. The van der Waals surface area contributed by atoms with Gasteiger partial charge in [-0.25, -0.2) is 4.39 Å². The maximum absolute atomic E-state index is 13.0. The minimum atomic E-state index is -0.691. The fourth-order valence-electron chi connectivity index (χ4n) is 1.54. The predicted molar refractivity (Wildman–Crippen MR) is 69.1 cm³/mol. The molecule has 98 valence electrons. The minimum Gasteiger partial charge on any atom is -0.450 e. The smallest absolute Gasteiger partial charge is 0.314 e.